The predicted molar refractivity (Wildman–Crippen MR) is 119 cm³/mol. The van der Waals surface area contributed by atoms with E-state index < -0.39 is 0 Å². The highest BCUT2D eigenvalue weighted by Gasteiger charge is 2.24. The minimum absolute atomic E-state index is 0.0267. The van der Waals surface area contributed by atoms with Gasteiger partial charge in [0.05, 0.1) is 11.4 Å². The van der Waals surface area contributed by atoms with Gasteiger partial charge >= 0.3 is 0 Å². The first kappa shape index (κ1) is 22.1. The molecule has 6 nitrogen and oxygen atoms in total. The molecule has 0 atom stereocenters. The van der Waals surface area contributed by atoms with Crippen molar-refractivity contribution in [2.45, 2.75) is 46.5 Å². The molecular formula is C21H32N4O2S. The maximum absolute atomic E-state index is 12.2. The minimum Gasteiger partial charge on any atom is -0.366 e. The number of benzene rings is 1. The summed E-state index contributed by atoms with van der Waals surface area (Å²) < 4.78 is 0. The van der Waals surface area contributed by atoms with Gasteiger partial charge in [0.15, 0.2) is 5.11 Å². The second-order valence-corrected chi connectivity index (χ2v) is 7.85. The molecule has 1 fully saturated rings. The van der Waals surface area contributed by atoms with Crippen LogP contribution in [0.1, 0.15) is 46.5 Å². The molecule has 1 heterocycles. The third kappa shape index (κ3) is 6.48. The fraction of sp³-hybridized carbons (Fsp3) is 0.571. The Morgan fingerprint density at radius 2 is 1.79 bits per heavy atom. The van der Waals surface area contributed by atoms with E-state index in [1.807, 2.05) is 43.0 Å². The van der Waals surface area contributed by atoms with Crippen LogP contribution in [0.4, 0.5) is 11.4 Å². The molecule has 2 N–H and O–H groups in total. The van der Waals surface area contributed by atoms with Crippen LogP contribution in [0.15, 0.2) is 24.3 Å². The molecule has 1 aromatic carbocycles. The molecule has 2 amide bonds. The first-order valence-electron chi connectivity index (χ1n) is 10.2. The van der Waals surface area contributed by atoms with E-state index in [0.717, 1.165) is 43.7 Å². The summed E-state index contributed by atoms with van der Waals surface area (Å²) in [6, 6.07) is 7.92. The Bertz CT molecular complexity index is 685. The van der Waals surface area contributed by atoms with Crippen LogP contribution >= 0.6 is 12.2 Å². The van der Waals surface area contributed by atoms with Crippen LogP contribution in [0.5, 0.6) is 0 Å². The number of hydrogen-bond donors (Lipinski definition) is 2. The van der Waals surface area contributed by atoms with Gasteiger partial charge in [0, 0.05) is 38.5 Å². The van der Waals surface area contributed by atoms with Crippen LogP contribution in [-0.4, -0.2) is 48.0 Å². The first-order chi connectivity index (χ1) is 13.4. The van der Waals surface area contributed by atoms with Crippen molar-refractivity contribution in [3.8, 4) is 0 Å². The number of unbranched alkanes of at least 4 members (excludes halogenated alkanes) is 2. The van der Waals surface area contributed by atoms with E-state index in [-0.39, 0.29) is 17.7 Å². The summed E-state index contributed by atoms with van der Waals surface area (Å²) in [7, 11) is 0. The van der Waals surface area contributed by atoms with E-state index in [9.17, 15) is 9.59 Å². The van der Waals surface area contributed by atoms with Gasteiger partial charge in [-0.1, -0.05) is 45.7 Å². The topological polar surface area (TPSA) is 64.7 Å². The van der Waals surface area contributed by atoms with E-state index in [0.29, 0.717) is 24.6 Å². The predicted octanol–water partition coefficient (Wildman–Crippen LogP) is 3.38. The molecule has 0 unspecified atom stereocenters. The Morgan fingerprint density at radius 1 is 1.11 bits per heavy atom. The number of nitrogens with one attached hydrogen (secondary N) is 2. The quantitative estimate of drug-likeness (QED) is 0.539. The fourth-order valence-electron chi connectivity index (χ4n) is 3.27. The zero-order chi connectivity index (χ0) is 20.5. The Morgan fingerprint density at radius 3 is 2.43 bits per heavy atom. The lowest BCUT2D eigenvalue weighted by Gasteiger charge is -2.37. The van der Waals surface area contributed by atoms with E-state index in [1.54, 1.807) is 0 Å². The summed E-state index contributed by atoms with van der Waals surface area (Å²) in [6.07, 6.45) is 3.49. The zero-order valence-electron chi connectivity index (χ0n) is 17.2. The lowest BCUT2D eigenvalue weighted by atomic mass is 10.1. The first-order valence-corrected chi connectivity index (χ1v) is 10.6. The standard InChI is InChI=1S/C21H32N4O2S/c1-4-5-6-11-19(26)23-21(28)22-17-9-7-8-10-18(17)24-12-14-25(15-13-24)20(27)16(2)3/h7-10,16H,4-6,11-15H2,1-3H3,(H2,22,23,26,28). The smallest absolute Gasteiger partial charge is 0.226 e. The Kier molecular flexibility index (Phi) is 8.70. The van der Waals surface area contributed by atoms with Gasteiger partial charge in [-0.2, -0.15) is 0 Å². The number of anilines is 2. The highest BCUT2D eigenvalue weighted by atomic mass is 32.1. The summed E-state index contributed by atoms with van der Waals surface area (Å²) >= 11 is 5.32. The van der Waals surface area contributed by atoms with E-state index >= 15 is 0 Å². The Hall–Kier alpha value is -2.15. The van der Waals surface area contributed by atoms with E-state index in [2.05, 4.69) is 22.5 Å². The second kappa shape index (κ2) is 11.0. The number of piperazine rings is 1. The summed E-state index contributed by atoms with van der Waals surface area (Å²) in [4.78, 5) is 28.3. The van der Waals surface area contributed by atoms with Crippen LogP contribution in [0.25, 0.3) is 0 Å². The zero-order valence-corrected chi connectivity index (χ0v) is 18.0. The fourth-order valence-corrected chi connectivity index (χ4v) is 3.49. The number of rotatable bonds is 7. The molecule has 0 aliphatic carbocycles. The third-order valence-corrected chi connectivity index (χ3v) is 5.04. The van der Waals surface area contributed by atoms with Crippen LogP contribution in [0, 0.1) is 5.92 Å². The highest BCUT2D eigenvalue weighted by molar-refractivity contribution is 7.80. The molecule has 1 aliphatic heterocycles. The normalized spacial score (nSPS) is 14.1. The maximum Gasteiger partial charge on any atom is 0.226 e. The molecule has 7 heteroatoms. The van der Waals surface area contributed by atoms with Gasteiger partial charge in [0.1, 0.15) is 0 Å². The van der Waals surface area contributed by atoms with Gasteiger partial charge in [-0.05, 0) is 30.8 Å². The number of para-hydroxylation sites is 2. The molecule has 154 valence electrons. The van der Waals surface area contributed by atoms with Gasteiger partial charge in [0.25, 0.3) is 0 Å². The van der Waals surface area contributed by atoms with Gasteiger partial charge in [0.2, 0.25) is 11.8 Å². The Labute approximate surface area is 173 Å². The van der Waals surface area contributed by atoms with Crippen molar-refractivity contribution in [3.05, 3.63) is 24.3 Å². The van der Waals surface area contributed by atoms with Crippen molar-refractivity contribution < 1.29 is 9.59 Å². The average molecular weight is 405 g/mol. The summed E-state index contributed by atoms with van der Waals surface area (Å²) in [6.45, 7) is 8.95. The number of carbonyl (C=O) groups excluding carboxylic acids is 2. The second-order valence-electron chi connectivity index (χ2n) is 7.44. The van der Waals surface area contributed by atoms with Crippen molar-refractivity contribution in [1.82, 2.24) is 10.2 Å². The number of nitrogens with zero attached hydrogens (tertiary/aromatic N) is 2. The number of carbonyl (C=O) groups is 2. The van der Waals surface area contributed by atoms with Crippen molar-refractivity contribution in [2.24, 2.45) is 5.92 Å². The number of thiocarbonyl (C=S) groups is 1. The van der Waals surface area contributed by atoms with Crippen molar-refractivity contribution in [2.75, 3.05) is 36.4 Å². The molecule has 0 spiro atoms. The molecule has 28 heavy (non-hydrogen) atoms. The number of amides is 2. The molecule has 0 bridgehead atoms. The van der Waals surface area contributed by atoms with Crippen LogP contribution in [0.3, 0.4) is 0 Å². The van der Waals surface area contributed by atoms with Crippen LogP contribution in [0.2, 0.25) is 0 Å². The van der Waals surface area contributed by atoms with E-state index in [1.165, 1.54) is 0 Å². The van der Waals surface area contributed by atoms with Crippen molar-refractivity contribution >= 4 is 40.5 Å². The summed E-state index contributed by atoms with van der Waals surface area (Å²) in [5, 5.41) is 6.24. The largest absolute Gasteiger partial charge is 0.366 e. The molecule has 2 rings (SSSR count). The van der Waals surface area contributed by atoms with Crippen LogP contribution in [-0.2, 0) is 9.59 Å². The lowest BCUT2D eigenvalue weighted by Crippen LogP contribution is -2.50. The molecular weight excluding hydrogens is 372 g/mol. The van der Waals surface area contributed by atoms with Crippen LogP contribution < -0.4 is 15.5 Å². The van der Waals surface area contributed by atoms with Crippen molar-refractivity contribution in [3.63, 3.8) is 0 Å². The molecule has 0 aromatic heterocycles. The molecule has 1 saturated heterocycles. The minimum atomic E-state index is -0.0516. The highest BCUT2D eigenvalue weighted by Crippen LogP contribution is 2.26. The molecule has 0 radical (unpaired) electrons. The lowest BCUT2D eigenvalue weighted by molar-refractivity contribution is -0.134. The molecule has 1 aliphatic rings. The van der Waals surface area contributed by atoms with Gasteiger partial charge < -0.3 is 20.4 Å². The van der Waals surface area contributed by atoms with E-state index in [4.69, 9.17) is 12.2 Å². The van der Waals surface area contributed by atoms with Gasteiger partial charge in [-0.15, -0.1) is 0 Å². The molecule has 1 aromatic rings. The summed E-state index contributed by atoms with van der Waals surface area (Å²) in [5.74, 6) is 0.182. The van der Waals surface area contributed by atoms with Gasteiger partial charge in [-0.25, -0.2) is 0 Å². The third-order valence-electron chi connectivity index (χ3n) is 4.84. The molecule has 0 saturated carbocycles. The SMILES string of the molecule is CCCCCC(=O)NC(=S)Nc1ccccc1N1CCN(C(=O)C(C)C)CC1. The van der Waals surface area contributed by atoms with Gasteiger partial charge in [-0.3, -0.25) is 9.59 Å². The summed E-state index contributed by atoms with van der Waals surface area (Å²) in [5.41, 5.74) is 1.90. The number of hydrogen-bond acceptors (Lipinski definition) is 4. The maximum atomic E-state index is 12.2. The monoisotopic (exact) mass is 404 g/mol. The average Bonchev–Trinajstić information content (AvgIpc) is 2.68. The Balaban J connectivity index is 1.93. The van der Waals surface area contributed by atoms with Crippen molar-refractivity contribution in [1.29, 1.82) is 0 Å².